The van der Waals surface area contributed by atoms with Crippen LogP contribution in [0.15, 0.2) is 24.3 Å². The number of methoxy groups -OCH3 is 1. The molecule has 1 aromatic rings. The molecule has 1 unspecified atom stereocenters. The summed E-state index contributed by atoms with van der Waals surface area (Å²) in [4.78, 5) is 36.9. The predicted molar refractivity (Wildman–Crippen MR) is 73.1 cm³/mol. The van der Waals surface area contributed by atoms with Gasteiger partial charge in [0.1, 0.15) is 11.5 Å². The van der Waals surface area contributed by atoms with Crippen molar-refractivity contribution in [1.29, 1.82) is 0 Å². The summed E-state index contributed by atoms with van der Waals surface area (Å²) in [6.45, 7) is 0. The van der Waals surface area contributed by atoms with Gasteiger partial charge in [-0.3, -0.25) is 9.59 Å². The maximum Gasteiger partial charge on any atom is 0.358 e. The van der Waals surface area contributed by atoms with E-state index < -0.39 is 23.3 Å². The van der Waals surface area contributed by atoms with Crippen LogP contribution in [0.4, 0.5) is 0 Å². The van der Waals surface area contributed by atoms with Gasteiger partial charge in [0.15, 0.2) is 0 Å². The predicted octanol–water partition coefficient (Wildman–Crippen LogP) is 1.93. The van der Waals surface area contributed by atoms with Gasteiger partial charge in [-0.05, 0) is 25.0 Å². The molecule has 21 heavy (non-hydrogen) atoms. The van der Waals surface area contributed by atoms with Crippen molar-refractivity contribution in [3.05, 3.63) is 29.8 Å². The van der Waals surface area contributed by atoms with Gasteiger partial charge in [0.2, 0.25) is 5.78 Å². The fourth-order valence-corrected chi connectivity index (χ4v) is 3.26. The van der Waals surface area contributed by atoms with E-state index in [1.807, 2.05) is 0 Å². The standard InChI is InChI=1S/C16H16O5/c1-20-15(19)16(10-5-4-6-11(17)9-10)14(18)12-7-2-3-8-13(12)21-16/h2-3,7-8,10H,4-6,9H2,1H3/t10?,16-/m0/s1. The normalized spacial score (nSPS) is 28.0. The first kappa shape index (κ1) is 13.8. The molecule has 1 aliphatic heterocycles. The summed E-state index contributed by atoms with van der Waals surface area (Å²) < 4.78 is 10.6. The molecule has 1 fully saturated rings. The Bertz CT molecular complexity index is 621. The largest absolute Gasteiger partial charge is 0.466 e. The molecule has 0 spiro atoms. The second kappa shape index (κ2) is 4.98. The van der Waals surface area contributed by atoms with Crippen LogP contribution in [0.5, 0.6) is 5.75 Å². The summed E-state index contributed by atoms with van der Waals surface area (Å²) in [6.07, 6.45) is 1.93. The number of fused-ring (bicyclic) bond motifs is 1. The Morgan fingerprint density at radius 2 is 2.10 bits per heavy atom. The highest BCUT2D eigenvalue weighted by Crippen LogP contribution is 2.44. The number of ketones is 2. The van der Waals surface area contributed by atoms with Gasteiger partial charge in [0.05, 0.1) is 12.7 Å². The number of hydrogen-bond donors (Lipinski definition) is 0. The molecule has 5 nitrogen and oxygen atoms in total. The number of carbonyl (C=O) groups excluding carboxylic acids is 3. The minimum atomic E-state index is -1.70. The highest BCUT2D eigenvalue weighted by molar-refractivity contribution is 6.19. The number of ether oxygens (including phenoxy) is 2. The summed E-state index contributed by atoms with van der Waals surface area (Å²) in [6, 6.07) is 6.75. The van der Waals surface area contributed by atoms with E-state index in [-0.39, 0.29) is 12.2 Å². The summed E-state index contributed by atoms with van der Waals surface area (Å²) >= 11 is 0. The minimum Gasteiger partial charge on any atom is -0.466 e. The molecule has 0 saturated heterocycles. The summed E-state index contributed by atoms with van der Waals surface area (Å²) in [5, 5.41) is 0. The SMILES string of the molecule is COC(=O)[C@@]1(C2CCCC(=O)C2)Oc2ccccc2C1=O. The summed E-state index contributed by atoms with van der Waals surface area (Å²) in [5.41, 5.74) is -1.32. The summed E-state index contributed by atoms with van der Waals surface area (Å²) in [7, 11) is 1.23. The van der Waals surface area contributed by atoms with Crippen LogP contribution < -0.4 is 4.74 Å². The number of para-hydroxylation sites is 1. The zero-order valence-corrected chi connectivity index (χ0v) is 11.8. The molecule has 0 N–H and O–H groups in total. The van der Waals surface area contributed by atoms with Gasteiger partial charge in [-0.25, -0.2) is 4.79 Å². The lowest BCUT2D eigenvalue weighted by molar-refractivity contribution is -0.159. The first-order valence-electron chi connectivity index (χ1n) is 7.02. The van der Waals surface area contributed by atoms with E-state index >= 15 is 0 Å². The third kappa shape index (κ3) is 1.95. The number of rotatable bonds is 2. The Labute approximate surface area is 122 Å². The molecule has 0 radical (unpaired) electrons. The second-order valence-electron chi connectivity index (χ2n) is 5.49. The Kier molecular flexibility index (Phi) is 3.27. The number of carbonyl (C=O) groups is 3. The van der Waals surface area contributed by atoms with E-state index in [4.69, 9.17) is 9.47 Å². The molecular weight excluding hydrogens is 272 g/mol. The van der Waals surface area contributed by atoms with Gasteiger partial charge in [0, 0.05) is 18.8 Å². The van der Waals surface area contributed by atoms with E-state index in [1.54, 1.807) is 24.3 Å². The molecule has 0 aromatic heterocycles. The van der Waals surface area contributed by atoms with Crippen LogP contribution in [0.2, 0.25) is 0 Å². The zero-order chi connectivity index (χ0) is 15.0. The van der Waals surface area contributed by atoms with Crippen molar-refractivity contribution in [3.8, 4) is 5.75 Å². The Morgan fingerprint density at radius 1 is 1.33 bits per heavy atom. The van der Waals surface area contributed by atoms with Crippen molar-refractivity contribution in [2.75, 3.05) is 7.11 Å². The average molecular weight is 288 g/mol. The third-order valence-corrected chi connectivity index (χ3v) is 4.29. The molecule has 1 heterocycles. The lowest BCUT2D eigenvalue weighted by Crippen LogP contribution is -2.56. The topological polar surface area (TPSA) is 69.7 Å². The van der Waals surface area contributed by atoms with E-state index in [1.165, 1.54) is 7.11 Å². The third-order valence-electron chi connectivity index (χ3n) is 4.29. The quantitative estimate of drug-likeness (QED) is 0.614. The zero-order valence-electron chi connectivity index (χ0n) is 11.8. The summed E-state index contributed by atoms with van der Waals surface area (Å²) in [5.74, 6) is -1.15. The van der Waals surface area contributed by atoms with Gasteiger partial charge in [-0.2, -0.15) is 0 Å². The molecule has 2 aliphatic rings. The lowest BCUT2D eigenvalue weighted by atomic mass is 9.74. The van der Waals surface area contributed by atoms with Crippen molar-refractivity contribution in [1.82, 2.24) is 0 Å². The van der Waals surface area contributed by atoms with E-state index in [9.17, 15) is 14.4 Å². The van der Waals surface area contributed by atoms with Crippen molar-refractivity contribution >= 4 is 17.5 Å². The molecule has 1 aromatic carbocycles. The molecule has 1 aliphatic carbocycles. The second-order valence-corrected chi connectivity index (χ2v) is 5.49. The van der Waals surface area contributed by atoms with Crippen LogP contribution in [-0.4, -0.2) is 30.2 Å². The Hall–Kier alpha value is -2.17. The van der Waals surface area contributed by atoms with Gasteiger partial charge >= 0.3 is 5.97 Å². The van der Waals surface area contributed by atoms with Gasteiger partial charge in [-0.1, -0.05) is 12.1 Å². The van der Waals surface area contributed by atoms with Crippen LogP contribution >= 0.6 is 0 Å². The van der Waals surface area contributed by atoms with E-state index in [2.05, 4.69) is 0 Å². The molecular formula is C16H16O5. The maximum atomic E-state index is 12.8. The highest BCUT2D eigenvalue weighted by Gasteiger charge is 2.60. The van der Waals surface area contributed by atoms with Gasteiger partial charge in [-0.15, -0.1) is 0 Å². The maximum absolute atomic E-state index is 12.8. The molecule has 0 bridgehead atoms. The average Bonchev–Trinajstić information content (AvgIpc) is 2.81. The van der Waals surface area contributed by atoms with Crippen LogP contribution in [0.1, 0.15) is 36.0 Å². The van der Waals surface area contributed by atoms with Crippen LogP contribution in [0.3, 0.4) is 0 Å². The smallest absolute Gasteiger partial charge is 0.358 e. The molecule has 110 valence electrons. The lowest BCUT2D eigenvalue weighted by Gasteiger charge is -2.34. The molecule has 2 atom stereocenters. The molecule has 1 saturated carbocycles. The van der Waals surface area contributed by atoms with Crippen molar-refractivity contribution in [3.63, 3.8) is 0 Å². The monoisotopic (exact) mass is 288 g/mol. The fourth-order valence-electron chi connectivity index (χ4n) is 3.26. The number of benzene rings is 1. The molecule has 5 heteroatoms. The molecule has 0 amide bonds. The van der Waals surface area contributed by atoms with Gasteiger partial charge in [0.25, 0.3) is 5.60 Å². The van der Waals surface area contributed by atoms with Crippen LogP contribution in [0.25, 0.3) is 0 Å². The fraction of sp³-hybridized carbons (Fsp3) is 0.438. The molecule has 3 rings (SSSR count). The Morgan fingerprint density at radius 3 is 2.76 bits per heavy atom. The first-order chi connectivity index (χ1) is 10.1. The first-order valence-corrected chi connectivity index (χ1v) is 7.02. The van der Waals surface area contributed by atoms with Crippen LogP contribution in [0, 0.1) is 5.92 Å². The number of esters is 1. The Balaban J connectivity index is 2.06. The number of Topliss-reactive ketones (excluding diaryl/α,β-unsaturated/α-hetero) is 2. The highest BCUT2D eigenvalue weighted by atomic mass is 16.6. The van der Waals surface area contributed by atoms with Crippen molar-refractivity contribution < 1.29 is 23.9 Å². The minimum absolute atomic E-state index is 0.0573. The number of hydrogen-bond acceptors (Lipinski definition) is 5. The van der Waals surface area contributed by atoms with Crippen LogP contribution in [-0.2, 0) is 14.3 Å². The van der Waals surface area contributed by atoms with E-state index in [0.29, 0.717) is 30.6 Å². The van der Waals surface area contributed by atoms with Crippen molar-refractivity contribution in [2.24, 2.45) is 5.92 Å². The van der Waals surface area contributed by atoms with Gasteiger partial charge < -0.3 is 9.47 Å². The van der Waals surface area contributed by atoms with Crippen molar-refractivity contribution in [2.45, 2.75) is 31.3 Å². The van der Waals surface area contributed by atoms with E-state index in [0.717, 1.165) is 0 Å².